The molecule has 2 atom stereocenters. The van der Waals surface area contributed by atoms with E-state index in [0.29, 0.717) is 0 Å². The summed E-state index contributed by atoms with van der Waals surface area (Å²) in [6, 6.07) is 0. The van der Waals surface area contributed by atoms with E-state index in [1.807, 2.05) is 4.87 Å². The molecule has 0 aromatic heterocycles. The van der Waals surface area contributed by atoms with Crippen LogP contribution >= 0.6 is 0 Å². The van der Waals surface area contributed by atoms with Crippen molar-refractivity contribution in [2.24, 2.45) is 3.89 Å². The normalized spacial score (nSPS) is 54.2. The predicted octanol–water partition coefficient (Wildman–Crippen LogP) is -0.205. The van der Waals surface area contributed by atoms with Crippen molar-refractivity contribution < 1.29 is 4.39 Å². The molecule has 0 aliphatic carbocycles. The van der Waals surface area contributed by atoms with E-state index in [0.717, 1.165) is 0 Å². The third-order valence-electron chi connectivity index (χ3n) is 0.886. The van der Waals surface area contributed by atoms with Gasteiger partial charge in [0.2, 0.25) is 0 Å². The molecule has 1 heterocycles. The Labute approximate surface area is 40.2 Å². The Bertz CT molecular complexity index is 114. The van der Waals surface area contributed by atoms with Crippen LogP contribution < -0.4 is 3.89 Å². The number of nitrogens with two attached hydrogens (primary N) is 1. The Morgan fingerprint density at radius 3 is 2.17 bits per heavy atom. The molecule has 0 bridgehead atoms. The van der Waals surface area contributed by atoms with E-state index in [2.05, 4.69) is 0 Å². The summed E-state index contributed by atoms with van der Waals surface area (Å²) in [4.78, 5) is 1.86. The first-order valence-electron chi connectivity index (χ1n) is 1.77. The van der Waals surface area contributed by atoms with Crippen LogP contribution in [0, 0.1) is 0 Å². The van der Waals surface area contributed by atoms with Crippen molar-refractivity contribution in [1.82, 2.24) is 0 Å². The third kappa shape index (κ3) is 0.639. The Morgan fingerprint density at radius 1 is 2.00 bits per heavy atom. The second-order valence-electron chi connectivity index (χ2n) is 1.74. The molecule has 3 heteroatoms. The van der Waals surface area contributed by atoms with Gasteiger partial charge in [0.1, 0.15) is 0 Å². The van der Waals surface area contributed by atoms with E-state index >= 15 is 0 Å². The van der Waals surface area contributed by atoms with Crippen molar-refractivity contribution in [3.8, 4) is 0 Å². The molecule has 36 valence electrons. The molecule has 0 aromatic rings. The van der Waals surface area contributed by atoms with Crippen LogP contribution in [-0.2, 0) is 0 Å². The van der Waals surface area contributed by atoms with Crippen LogP contribution in [0.25, 0.3) is 0 Å². The van der Waals surface area contributed by atoms with E-state index in [4.69, 9.17) is 3.89 Å². The fraction of sp³-hybridized carbons (Fsp3) is 0.667. The van der Waals surface area contributed by atoms with Gasteiger partial charge in [0.25, 0.3) is 0 Å². The van der Waals surface area contributed by atoms with Crippen LogP contribution in [0.15, 0.2) is 0 Å². The summed E-state index contributed by atoms with van der Waals surface area (Å²) in [6.45, 7) is 0. The van der Waals surface area contributed by atoms with Crippen molar-refractivity contribution >= 4 is 22.6 Å². The van der Waals surface area contributed by atoms with Gasteiger partial charge >= 0.3 is 39.8 Å². The van der Waals surface area contributed by atoms with E-state index < -0.39 is 22.7 Å². The molecule has 0 saturated heterocycles. The molecule has 0 saturated carbocycles. The van der Waals surface area contributed by atoms with E-state index in [1.165, 1.54) is 0 Å². The molecule has 2 N–H and O–H groups in total. The van der Waals surface area contributed by atoms with Crippen LogP contribution in [-0.4, -0.2) is 26.7 Å². The molecule has 2 unspecified atom stereocenters. The summed E-state index contributed by atoms with van der Waals surface area (Å²) in [7, 11) is 0. The Balaban J connectivity index is 2.60. The zero-order valence-corrected chi connectivity index (χ0v) is 6.11. The average Bonchev–Trinajstić information content (AvgIpc) is 1.73. The quantitative estimate of drug-likeness (QED) is 0.535. The summed E-state index contributed by atoms with van der Waals surface area (Å²) >= 11 is -2.27. The van der Waals surface area contributed by atoms with E-state index in [1.54, 1.807) is 3.95 Å². The van der Waals surface area contributed by atoms with Crippen LogP contribution in [0.5, 0.6) is 0 Å². The third-order valence-corrected chi connectivity index (χ3v) is 5.94. The van der Waals surface area contributed by atoms with Gasteiger partial charge in [-0.3, -0.25) is 0 Å². The first-order chi connectivity index (χ1) is 2.63. The zero-order valence-electron chi connectivity index (χ0n) is 3.56. The summed E-state index contributed by atoms with van der Waals surface area (Å²) in [5.41, 5.74) is 0. The Hall–Kier alpha value is 0.578. The van der Waals surface area contributed by atoms with Crippen LogP contribution in [0.3, 0.4) is 0 Å². The zero-order chi connectivity index (χ0) is 4.78. The molecule has 0 amide bonds. The molecular weight excluding hydrogens is 191 g/mol. The Morgan fingerprint density at radius 2 is 2.17 bits per heavy atom. The summed E-state index contributed by atoms with van der Waals surface area (Å²) in [5, 5.41) is 0. The van der Waals surface area contributed by atoms with Crippen LogP contribution in [0.4, 0.5) is 4.39 Å². The minimum absolute atomic E-state index is 0.650. The SMILES string of the molecule is [CH3][Sb]1([NH2])=[CH][CH]1F. The fourth-order valence-corrected chi connectivity index (χ4v) is 5.55. The van der Waals surface area contributed by atoms with Gasteiger partial charge in [-0.2, -0.15) is 0 Å². The summed E-state index contributed by atoms with van der Waals surface area (Å²) in [6.07, 6.45) is 0. The standard InChI is InChI=1S/C2H2F.CH3.H2N.Sb/c1-2-3;;;/h1-2H;1H3;1H2;/q;;-1;+1. The first kappa shape index (κ1) is 4.73. The van der Waals surface area contributed by atoms with Gasteiger partial charge in [0.05, 0.1) is 0 Å². The van der Waals surface area contributed by atoms with Gasteiger partial charge in [-0.1, -0.05) is 0 Å². The maximum atomic E-state index is 11.8. The van der Waals surface area contributed by atoms with Crippen LogP contribution in [0.1, 0.15) is 0 Å². The molecule has 0 fully saturated rings. The molecule has 1 aliphatic heterocycles. The number of halogens is 1. The number of hydrogen-bond acceptors (Lipinski definition) is 1. The van der Waals surface area contributed by atoms with Crippen molar-refractivity contribution in [3.63, 3.8) is 0 Å². The number of hydrogen-bond donors (Lipinski definition) is 1. The first-order valence-corrected chi connectivity index (χ1v) is 8.75. The van der Waals surface area contributed by atoms with Crippen molar-refractivity contribution in [3.05, 3.63) is 0 Å². The molecule has 0 radical (unpaired) electrons. The van der Waals surface area contributed by atoms with Crippen LogP contribution in [0.2, 0.25) is 4.87 Å². The molecule has 0 spiro atoms. The Kier molecular flexibility index (Phi) is 0.824. The molecule has 1 nitrogen and oxygen atoms in total. The van der Waals surface area contributed by atoms with E-state index in [9.17, 15) is 4.39 Å². The van der Waals surface area contributed by atoms with Crippen molar-refractivity contribution in [1.29, 1.82) is 0 Å². The average molecular weight is 198 g/mol. The molecule has 6 heavy (non-hydrogen) atoms. The van der Waals surface area contributed by atoms with Gasteiger partial charge in [0, 0.05) is 0 Å². The fourth-order valence-electron chi connectivity index (χ4n) is 0.227. The van der Waals surface area contributed by atoms with Gasteiger partial charge in [-0.05, 0) is 0 Å². The molecule has 0 aromatic carbocycles. The molecule has 1 rings (SSSR count). The van der Waals surface area contributed by atoms with Gasteiger partial charge in [0.15, 0.2) is 0 Å². The second kappa shape index (κ2) is 1.04. The van der Waals surface area contributed by atoms with Gasteiger partial charge in [-0.15, -0.1) is 0 Å². The molecule has 1 aliphatic rings. The predicted molar refractivity (Wildman–Crippen MR) is 26.8 cm³/mol. The number of alkyl halides is 1. The maximum absolute atomic E-state index is 11.8. The summed E-state index contributed by atoms with van der Waals surface area (Å²) < 4.78 is 18.2. The second-order valence-corrected chi connectivity index (χ2v) is 11.0. The number of rotatable bonds is 0. The molecular formula is C3H7FNSb. The topological polar surface area (TPSA) is 26.0 Å². The monoisotopic (exact) mass is 197 g/mol. The minimum atomic E-state index is -2.27. The summed E-state index contributed by atoms with van der Waals surface area (Å²) in [5.74, 6) is 0. The van der Waals surface area contributed by atoms with E-state index in [-0.39, 0.29) is 0 Å². The van der Waals surface area contributed by atoms with Gasteiger partial charge in [-0.25, -0.2) is 0 Å². The van der Waals surface area contributed by atoms with Crippen molar-refractivity contribution in [2.45, 2.75) is 8.99 Å². The van der Waals surface area contributed by atoms with Crippen molar-refractivity contribution in [2.75, 3.05) is 0 Å². The van der Waals surface area contributed by atoms with Gasteiger partial charge < -0.3 is 0 Å².